The molecule has 3 aromatic heterocycles. The van der Waals surface area contributed by atoms with E-state index in [0.29, 0.717) is 4.48 Å². The van der Waals surface area contributed by atoms with E-state index >= 15 is 0 Å². The maximum Gasteiger partial charge on any atom is 0.419 e. The van der Waals surface area contributed by atoms with Crippen LogP contribution in [0.4, 0.5) is 10.6 Å². The first-order valence-corrected chi connectivity index (χ1v) is 10.4. The molecule has 0 fully saturated rings. The van der Waals surface area contributed by atoms with Crippen molar-refractivity contribution in [3.63, 3.8) is 0 Å². The number of hydrogen-bond donors (Lipinski definition) is 0. The first kappa shape index (κ1) is 21.0. The van der Waals surface area contributed by atoms with Crippen molar-refractivity contribution in [1.29, 1.82) is 0 Å². The van der Waals surface area contributed by atoms with Gasteiger partial charge in [0, 0.05) is 41.0 Å². The van der Waals surface area contributed by atoms with Crippen molar-refractivity contribution in [3.05, 3.63) is 54.5 Å². The summed E-state index contributed by atoms with van der Waals surface area (Å²) in [6, 6.07) is 10.1. The summed E-state index contributed by atoms with van der Waals surface area (Å²) < 4.78 is 8.01. The van der Waals surface area contributed by atoms with E-state index in [-0.39, 0.29) is 0 Å². The van der Waals surface area contributed by atoms with Crippen LogP contribution in [-0.4, -0.2) is 47.4 Å². The van der Waals surface area contributed by atoms with E-state index in [2.05, 4.69) is 50.2 Å². The molecular formula is C25H29N4O2+. The predicted molar refractivity (Wildman–Crippen MR) is 126 cm³/mol. The Hall–Kier alpha value is -3.25. The molecule has 0 spiro atoms. The molecule has 1 aromatic carbocycles. The van der Waals surface area contributed by atoms with E-state index in [9.17, 15) is 4.79 Å². The van der Waals surface area contributed by atoms with Crippen molar-refractivity contribution >= 4 is 33.7 Å². The lowest BCUT2D eigenvalue weighted by Crippen LogP contribution is -2.35. The number of fused-ring (bicyclic) bond motifs is 3. The Morgan fingerprint density at radius 1 is 1.00 bits per heavy atom. The Labute approximate surface area is 182 Å². The lowest BCUT2D eigenvalue weighted by molar-refractivity contribution is 0.0551. The smallest absolute Gasteiger partial charge is 0.419 e. The zero-order chi connectivity index (χ0) is 22.6. The number of ether oxygens (including phenoxy) is 1. The molecule has 4 aromatic rings. The van der Waals surface area contributed by atoms with Gasteiger partial charge in [0.25, 0.3) is 0 Å². The van der Waals surface area contributed by atoms with Gasteiger partial charge in [-0.1, -0.05) is 12.1 Å². The molecule has 0 unspecified atom stereocenters. The molecule has 0 saturated heterocycles. The van der Waals surface area contributed by atoms with Gasteiger partial charge in [-0.2, -0.15) is 0 Å². The van der Waals surface area contributed by atoms with E-state index in [0.717, 1.165) is 44.3 Å². The zero-order valence-electron chi connectivity index (χ0n) is 19.2. The van der Waals surface area contributed by atoms with Crippen LogP contribution in [0, 0.1) is 6.92 Å². The average Bonchev–Trinajstić information content (AvgIpc) is 2.99. The molecule has 0 radical (unpaired) electrons. The summed E-state index contributed by atoms with van der Waals surface area (Å²) in [5.74, 6) is 0.997. The van der Waals surface area contributed by atoms with Crippen molar-refractivity contribution < 1.29 is 9.53 Å². The molecule has 0 N–H and O–H groups in total. The third-order valence-electron chi connectivity index (χ3n) is 5.24. The molecule has 0 atom stereocenters. The molecule has 0 bridgehead atoms. The van der Waals surface area contributed by atoms with E-state index in [1.54, 1.807) is 17.0 Å². The van der Waals surface area contributed by atoms with Gasteiger partial charge in [-0.05, 0) is 51.0 Å². The number of benzene rings is 1. The third kappa shape index (κ3) is 3.91. The summed E-state index contributed by atoms with van der Waals surface area (Å²) >= 11 is 0. The molecule has 0 aliphatic carbocycles. The molecule has 0 aliphatic rings. The molecule has 4 rings (SSSR count). The van der Waals surface area contributed by atoms with Gasteiger partial charge in [0.05, 0.1) is 32.2 Å². The van der Waals surface area contributed by atoms with Gasteiger partial charge in [-0.15, -0.1) is 0 Å². The number of pyridine rings is 2. The van der Waals surface area contributed by atoms with Crippen LogP contribution in [-0.2, 0) is 4.74 Å². The van der Waals surface area contributed by atoms with Crippen LogP contribution >= 0.6 is 0 Å². The van der Waals surface area contributed by atoms with E-state index < -0.39 is 11.7 Å². The second-order valence-corrected chi connectivity index (χ2v) is 9.81. The third-order valence-corrected chi connectivity index (χ3v) is 5.24. The van der Waals surface area contributed by atoms with Crippen LogP contribution in [0.3, 0.4) is 0 Å². The van der Waals surface area contributed by atoms with Crippen LogP contribution in [0.1, 0.15) is 26.3 Å². The number of hydrogen-bond acceptors (Lipinski definition) is 4. The normalized spacial score (nSPS) is 12.5. The van der Waals surface area contributed by atoms with Gasteiger partial charge >= 0.3 is 6.09 Å². The second-order valence-electron chi connectivity index (χ2n) is 9.81. The second kappa shape index (κ2) is 7.17. The number of rotatable bonds is 2. The zero-order valence-corrected chi connectivity index (χ0v) is 19.2. The van der Waals surface area contributed by atoms with E-state index in [4.69, 9.17) is 4.74 Å². The Morgan fingerprint density at radius 2 is 1.74 bits per heavy atom. The molecule has 0 saturated carbocycles. The van der Waals surface area contributed by atoms with Gasteiger partial charge in [0.15, 0.2) is 0 Å². The highest BCUT2D eigenvalue weighted by atomic mass is 16.6. The van der Waals surface area contributed by atoms with Crippen molar-refractivity contribution in [1.82, 2.24) is 19.0 Å². The lowest BCUT2D eigenvalue weighted by Gasteiger charge is -2.22. The fraction of sp³-hybridized carbons (Fsp3) is 0.320. The van der Waals surface area contributed by atoms with Gasteiger partial charge in [-0.3, -0.25) is 9.47 Å². The first-order chi connectivity index (χ1) is 14.5. The fourth-order valence-corrected chi connectivity index (χ4v) is 3.75. The molecule has 6 nitrogen and oxygen atoms in total. The number of carbonyl (C=O) groups is 1. The molecule has 31 heavy (non-hydrogen) atoms. The summed E-state index contributed by atoms with van der Waals surface area (Å²) in [4.78, 5) is 22.1. The summed E-state index contributed by atoms with van der Waals surface area (Å²) in [7, 11) is 6.29. The van der Waals surface area contributed by atoms with Gasteiger partial charge < -0.3 is 4.74 Å². The van der Waals surface area contributed by atoms with E-state index in [1.807, 2.05) is 45.2 Å². The Kier molecular flexibility index (Phi) is 4.85. The van der Waals surface area contributed by atoms with Gasteiger partial charge in [-0.25, -0.2) is 14.3 Å². The Balaban J connectivity index is 1.92. The minimum Gasteiger partial charge on any atom is -0.443 e. The molecule has 0 aliphatic heterocycles. The van der Waals surface area contributed by atoms with Crippen molar-refractivity contribution in [3.8, 4) is 11.1 Å². The fourth-order valence-electron chi connectivity index (χ4n) is 3.75. The number of nitrogens with zero attached hydrogens (tertiary/aromatic N) is 4. The predicted octanol–water partition coefficient (Wildman–Crippen LogP) is 5.54. The minimum atomic E-state index is -0.591. The number of aryl methyl sites for hydroxylation is 1. The largest absolute Gasteiger partial charge is 0.443 e. The van der Waals surface area contributed by atoms with Crippen LogP contribution in [0.5, 0.6) is 0 Å². The summed E-state index contributed by atoms with van der Waals surface area (Å²) in [6.07, 6.45) is 5.00. The summed E-state index contributed by atoms with van der Waals surface area (Å²) in [5.41, 5.74) is 4.17. The minimum absolute atomic E-state index is 0.397. The average molecular weight is 418 g/mol. The quantitative estimate of drug-likeness (QED) is 0.402. The lowest BCUT2D eigenvalue weighted by atomic mass is 10.0. The Bertz CT molecular complexity index is 1310. The van der Waals surface area contributed by atoms with Crippen LogP contribution in [0.15, 0.2) is 48.9 Å². The van der Waals surface area contributed by atoms with Crippen LogP contribution < -0.4 is 4.48 Å². The standard InChI is InChI=1S/C25H29N4O2/c1-16-12-23(29(5,6)7)27-15-19(16)17-8-9-18-20-14-26-11-10-21(20)28(22(18)13-17)24(30)31-25(2,3)4/h8-15H,1-7H3/q+1. The molecule has 3 heterocycles. The van der Waals surface area contributed by atoms with Crippen LogP contribution in [0.25, 0.3) is 32.9 Å². The number of quaternary nitrogens is 1. The highest BCUT2D eigenvalue weighted by Crippen LogP contribution is 2.34. The van der Waals surface area contributed by atoms with Crippen LogP contribution in [0.2, 0.25) is 0 Å². The van der Waals surface area contributed by atoms with Gasteiger partial charge in [0.2, 0.25) is 5.82 Å². The maximum absolute atomic E-state index is 13.1. The highest BCUT2D eigenvalue weighted by Gasteiger charge is 2.23. The van der Waals surface area contributed by atoms with E-state index in [1.165, 1.54) is 0 Å². The first-order valence-electron chi connectivity index (χ1n) is 10.4. The highest BCUT2D eigenvalue weighted by molar-refractivity contribution is 6.13. The molecule has 160 valence electrons. The SMILES string of the molecule is Cc1cc([N+](C)(C)C)ncc1-c1ccc2c3cnccc3n(C(=O)OC(C)(C)C)c2c1. The van der Waals surface area contributed by atoms with Crippen molar-refractivity contribution in [2.24, 2.45) is 0 Å². The monoisotopic (exact) mass is 417 g/mol. The number of aromatic nitrogens is 3. The van der Waals surface area contributed by atoms with Gasteiger partial charge in [0.1, 0.15) is 5.60 Å². The molecular weight excluding hydrogens is 388 g/mol. The maximum atomic E-state index is 13.1. The van der Waals surface area contributed by atoms with Crippen molar-refractivity contribution in [2.45, 2.75) is 33.3 Å². The van der Waals surface area contributed by atoms with Crippen molar-refractivity contribution in [2.75, 3.05) is 21.1 Å². The molecule has 6 heteroatoms. The topological polar surface area (TPSA) is 57.0 Å². The molecule has 0 amide bonds. The summed E-state index contributed by atoms with van der Waals surface area (Å²) in [6.45, 7) is 7.70. The Morgan fingerprint density at radius 3 is 2.39 bits per heavy atom. The summed E-state index contributed by atoms with van der Waals surface area (Å²) in [5, 5.41) is 1.89. The number of carbonyl (C=O) groups excluding carboxylic acids is 1.